The second-order valence-electron chi connectivity index (χ2n) is 3.94. The first-order valence-corrected chi connectivity index (χ1v) is 5.90. The molecule has 4 nitrogen and oxygen atoms in total. The van der Waals surface area contributed by atoms with Crippen molar-refractivity contribution in [3.05, 3.63) is 28.8 Å². The third kappa shape index (κ3) is 3.65. The number of hydrogen-bond acceptors (Lipinski definition) is 4. The summed E-state index contributed by atoms with van der Waals surface area (Å²) in [6.45, 7) is 2.48. The van der Waals surface area contributed by atoms with Gasteiger partial charge in [0.25, 0.3) is 0 Å². The monoisotopic (exact) mass is 381 g/mol. The standard InChI is InChI=1S/C12H16ClN3O.HI/c1-16-6-5-14-12(16)15-8-9-7-10(13)3-4-11(9)17-2;/h3-4,7H,5-6,8H2,1-2H3,(H,14,15);1H. The van der Waals surface area contributed by atoms with Gasteiger partial charge in [0, 0.05) is 30.7 Å². The van der Waals surface area contributed by atoms with Crippen LogP contribution in [-0.2, 0) is 6.54 Å². The van der Waals surface area contributed by atoms with Crippen LogP contribution >= 0.6 is 35.6 Å². The quantitative estimate of drug-likeness (QED) is 0.817. The first-order chi connectivity index (χ1) is 8.20. The maximum absolute atomic E-state index is 5.97. The van der Waals surface area contributed by atoms with E-state index in [4.69, 9.17) is 16.3 Å². The molecule has 0 spiro atoms. The average Bonchev–Trinajstić information content (AvgIpc) is 2.72. The van der Waals surface area contributed by atoms with E-state index in [0.29, 0.717) is 11.6 Å². The van der Waals surface area contributed by atoms with Gasteiger partial charge in [-0.3, -0.25) is 4.99 Å². The van der Waals surface area contributed by atoms with E-state index in [2.05, 4.69) is 15.2 Å². The van der Waals surface area contributed by atoms with Gasteiger partial charge in [0.05, 0.1) is 13.7 Å². The molecule has 6 heteroatoms. The van der Waals surface area contributed by atoms with Crippen LogP contribution in [0.3, 0.4) is 0 Å². The smallest absolute Gasteiger partial charge is 0.194 e. The second-order valence-corrected chi connectivity index (χ2v) is 4.37. The van der Waals surface area contributed by atoms with E-state index in [1.807, 2.05) is 25.2 Å². The summed E-state index contributed by atoms with van der Waals surface area (Å²) in [6.07, 6.45) is 0. The molecule has 2 rings (SSSR count). The molecule has 1 aliphatic heterocycles. The van der Waals surface area contributed by atoms with Crippen molar-refractivity contribution >= 4 is 41.5 Å². The third-order valence-electron chi connectivity index (χ3n) is 2.74. The molecule has 0 aromatic heterocycles. The Morgan fingerprint density at radius 2 is 2.28 bits per heavy atom. The van der Waals surface area contributed by atoms with Crippen molar-refractivity contribution in [3.8, 4) is 5.75 Å². The molecule has 0 bridgehead atoms. The molecule has 0 radical (unpaired) electrons. The van der Waals surface area contributed by atoms with Crippen molar-refractivity contribution in [1.29, 1.82) is 0 Å². The van der Waals surface area contributed by atoms with Crippen molar-refractivity contribution in [2.75, 3.05) is 27.2 Å². The lowest BCUT2D eigenvalue weighted by molar-refractivity contribution is 0.408. The minimum absolute atomic E-state index is 0. The van der Waals surface area contributed by atoms with Gasteiger partial charge < -0.3 is 15.0 Å². The van der Waals surface area contributed by atoms with Crippen molar-refractivity contribution in [2.24, 2.45) is 4.99 Å². The average molecular weight is 382 g/mol. The van der Waals surface area contributed by atoms with Crippen LogP contribution in [0.5, 0.6) is 5.75 Å². The summed E-state index contributed by atoms with van der Waals surface area (Å²) in [6, 6.07) is 5.60. The maximum Gasteiger partial charge on any atom is 0.194 e. The fourth-order valence-corrected chi connectivity index (χ4v) is 1.98. The van der Waals surface area contributed by atoms with Crippen molar-refractivity contribution in [3.63, 3.8) is 0 Å². The Labute approximate surface area is 129 Å². The molecule has 0 amide bonds. The number of methoxy groups -OCH3 is 1. The Balaban J connectivity index is 0.00000162. The highest BCUT2D eigenvalue weighted by atomic mass is 127. The zero-order valence-corrected chi connectivity index (χ0v) is 13.5. The summed E-state index contributed by atoms with van der Waals surface area (Å²) in [7, 11) is 3.68. The number of guanidine groups is 1. The van der Waals surface area contributed by atoms with E-state index in [-0.39, 0.29) is 24.0 Å². The van der Waals surface area contributed by atoms with Crippen LogP contribution in [0.1, 0.15) is 5.56 Å². The Hall–Kier alpha value is -0.690. The number of likely N-dealkylation sites (N-methyl/N-ethyl adjacent to an activating group) is 1. The normalized spacial score (nSPS) is 13.9. The molecule has 0 saturated heterocycles. The molecular weight excluding hydrogens is 365 g/mol. The van der Waals surface area contributed by atoms with Crippen LogP contribution in [0.25, 0.3) is 0 Å². The minimum Gasteiger partial charge on any atom is -0.496 e. The number of nitrogens with zero attached hydrogens (tertiary/aromatic N) is 2. The van der Waals surface area contributed by atoms with Crippen LogP contribution in [0.4, 0.5) is 0 Å². The van der Waals surface area contributed by atoms with E-state index in [9.17, 15) is 0 Å². The van der Waals surface area contributed by atoms with Crippen molar-refractivity contribution in [2.45, 2.75) is 6.54 Å². The molecule has 18 heavy (non-hydrogen) atoms. The molecule has 0 aliphatic carbocycles. The van der Waals surface area contributed by atoms with Gasteiger partial charge in [0.1, 0.15) is 5.75 Å². The number of rotatable bonds is 3. The highest BCUT2D eigenvalue weighted by Gasteiger charge is 2.12. The van der Waals surface area contributed by atoms with Crippen LogP contribution in [0.15, 0.2) is 23.2 Å². The van der Waals surface area contributed by atoms with Crippen LogP contribution in [0.2, 0.25) is 5.02 Å². The fraction of sp³-hybridized carbons (Fsp3) is 0.417. The van der Waals surface area contributed by atoms with E-state index in [1.165, 1.54) is 0 Å². The maximum atomic E-state index is 5.97. The SMILES string of the molecule is COc1ccc(Cl)cc1CNC1=NCCN1C.I. The Bertz CT molecular complexity index is 439. The molecule has 1 N–H and O–H groups in total. The second kappa shape index (κ2) is 7.04. The zero-order chi connectivity index (χ0) is 12.3. The largest absolute Gasteiger partial charge is 0.496 e. The molecule has 1 heterocycles. The van der Waals surface area contributed by atoms with Crippen molar-refractivity contribution in [1.82, 2.24) is 10.2 Å². The van der Waals surface area contributed by atoms with Crippen LogP contribution in [-0.4, -0.2) is 38.1 Å². The molecule has 1 aromatic rings. The van der Waals surface area contributed by atoms with E-state index < -0.39 is 0 Å². The minimum atomic E-state index is 0. The van der Waals surface area contributed by atoms with Gasteiger partial charge in [-0.2, -0.15) is 0 Å². The molecule has 0 atom stereocenters. The highest BCUT2D eigenvalue weighted by Crippen LogP contribution is 2.22. The number of ether oxygens (including phenoxy) is 1. The van der Waals surface area contributed by atoms with Gasteiger partial charge in [-0.1, -0.05) is 11.6 Å². The number of benzene rings is 1. The summed E-state index contributed by atoms with van der Waals surface area (Å²) >= 11 is 5.97. The predicted octanol–water partition coefficient (Wildman–Crippen LogP) is 2.36. The topological polar surface area (TPSA) is 36.9 Å². The molecule has 0 unspecified atom stereocenters. The fourth-order valence-electron chi connectivity index (χ4n) is 1.78. The Morgan fingerprint density at radius 1 is 1.50 bits per heavy atom. The lowest BCUT2D eigenvalue weighted by Crippen LogP contribution is -2.35. The summed E-state index contributed by atoms with van der Waals surface area (Å²) < 4.78 is 5.29. The first-order valence-electron chi connectivity index (χ1n) is 5.52. The Kier molecular flexibility index (Phi) is 6.01. The van der Waals surface area contributed by atoms with E-state index in [0.717, 1.165) is 30.4 Å². The molecule has 100 valence electrons. The van der Waals surface area contributed by atoms with Gasteiger partial charge in [0.2, 0.25) is 0 Å². The molecule has 0 fully saturated rings. The van der Waals surface area contributed by atoms with Crippen LogP contribution in [0, 0.1) is 0 Å². The number of hydrogen-bond donors (Lipinski definition) is 1. The molecular formula is C12H17ClIN3O. The van der Waals surface area contributed by atoms with Gasteiger partial charge in [-0.05, 0) is 18.2 Å². The summed E-state index contributed by atoms with van der Waals surface area (Å²) in [5.41, 5.74) is 1.03. The predicted molar refractivity (Wildman–Crippen MR) is 85.2 cm³/mol. The number of halogens is 2. The van der Waals surface area contributed by atoms with Gasteiger partial charge in [-0.25, -0.2) is 0 Å². The van der Waals surface area contributed by atoms with Gasteiger partial charge in [0.15, 0.2) is 5.96 Å². The number of aliphatic imine (C=N–C) groups is 1. The van der Waals surface area contributed by atoms with E-state index in [1.54, 1.807) is 7.11 Å². The Morgan fingerprint density at radius 3 is 2.89 bits per heavy atom. The summed E-state index contributed by atoms with van der Waals surface area (Å²) in [5.74, 6) is 1.76. The van der Waals surface area contributed by atoms with Gasteiger partial charge >= 0.3 is 0 Å². The van der Waals surface area contributed by atoms with Gasteiger partial charge in [-0.15, -0.1) is 24.0 Å². The third-order valence-corrected chi connectivity index (χ3v) is 2.97. The molecule has 0 saturated carbocycles. The lowest BCUT2D eigenvalue weighted by atomic mass is 10.2. The zero-order valence-electron chi connectivity index (χ0n) is 10.4. The molecule has 1 aromatic carbocycles. The number of nitrogens with one attached hydrogen (secondary N) is 1. The molecule has 1 aliphatic rings. The first kappa shape index (κ1) is 15.4. The van der Waals surface area contributed by atoms with Crippen LogP contribution < -0.4 is 10.1 Å². The highest BCUT2D eigenvalue weighted by molar-refractivity contribution is 14.0. The van der Waals surface area contributed by atoms with E-state index >= 15 is 0 Å². The summed E-state index contributed by atoms with van der Waals surface area (Å²) in [4.78, 5) is 6.46. The summed E-state index contributed by atoms with van der Waals surface area (Å²) in [5, 5.41) is 4.00. The van der Waals surface area contributed by atoms with Crippen molar-refractivity contribution < 1.29 is 4.74 Å². The lowest BCUT2D eigenvalue weighted by Gasteiger charge is -2.16.